The lowest BCUT2D eigenvalue weighted by Crippen LogP contribution is -2.40. The summed E-state index contributed by atoms with van der Waals surface area (Å²) in [7, 11) is 0. The summed E-state index contributed by atoms with van der Waals surface area (Å²) in [4.78, 5) is 25.8. The molecule has 1 aromatic carbocycles. The van der Waals surface area contributed by atoms with Gasteiger partial charge in [0.2, 0.25) is 5.91 Å². The zero-order valence-electron chi connectivity index (χ0n) is 16.7. The number of carbonyl (C=O) groups excluding carboxylic acids is 1. The Morgan fingerprint density at radius 1 is 1.13 bits per heavy atom. The maximum Gasteiger partial charge on any atom is 0.266 e. The maximum atomic E-state index is 12.5. The highest BCUT2D eigenvalue weighted by Crippen LogP contribution is 2.21. The van der Waals surface area contributed by atoms with Crippen molar-refractivity contribution in [3.05, 3.63) is 70.5 Å². The first-order chi connectivity index (χ1) is 14.6. The molecule has 7 nitrogen and oxygen atoms in total. The molecule has 3 heterocycles. The summed E-state index contributed by atoms with van der Waals surface area (Å²) in [6.45, 7) is 2.83. The Balaban J connectivity index is 1.39. The lowest BCUT2D eigenvalue weighted by atomic mass is 10.2. The number of amides is 1. The lowest BCUT2D eigenvalue weighted by Gasteiger charge is -2.18. The second-order valence-electron chi connectivity index (χ2n) is 7.07. The highest BCUT2D eigenvalue weighted by atomic mass is 32.1. The molecule has 0 bridgehead atoms. The number of benzene rings is 1. The van der Waals surface area contributed by atoms with Crippen molar-refractivity contribution in [1.82, 2.24) is 24.9 Å². The Kier molecular flexibility index (Phi) is 6.04. The Bertz CT molecular complexity index is 1200. The number of thiophene rings is 1. The fraction of sp³-hybridized carbons (Fsp3) is 0.273. The van der Waals surface area contributed by atoms with Gasteiger partial charge in [0.15, 0.2) is 0 Å². The summed E-state index contributed by atoms with van der Waals surface area (Å²) in [5.41, 5.74) is 1.60. The molecule has 4 rings (SSSR count). The molecular weight excluding hydrogens is 398 g/mol. The maximum absolute atomic E-state index is 12.5. The van der Waals surface area contributed by atoms with Crippen molar-refractivity contribution in [3.8, 4) is 10.6 Å². The van der Waals surface area contributed by atoms with E-state index >= 15 is 0 Å². The van der Waals surface area contributed by atoms with Gasteiger partial charge in [0.05, 0.1) is 29.7 Å². The molecule has 30 heavy (non-hydrogen) atoms. The first-order valence-corrected chi connectivity index (χ1v) is 10.8. The van der Waals surface area contributed by atoms with Gasteiger partial charge in [-0.2, -0.15) is 10.2 Å². The van der Waals surface area contributed by atoms with E-state index in [1.54, 1.807) is 23.6 Å². The van der Waals surface area contributed by atoms with Crippen molar-refractivity contribution in [2.45, 2.75) is 38.9 Å². The zero-order valence-corrected chi connectivity index (χ0v) is 17.5. The van der Waals surface area contributed by atoms with Crippen molar-refractivity contribution >= 4 is 28.1 Å². The predicted molar refractivity (Wildman–Crippen MR) is 118 cm³/mol. The van der Waals surface area contributed by atoms with Crippen LogP contribution < -0.4 is 10.9 Å². The van der Waals surface area contributed by atoms with Crippen molar-refractivity contribution in [1.29, 1.82) is 0 Å². The summed E-state index contributed by atoms with van der Waals surface area (Å²) < 4.78 is 3.27. The quantitative estimate of drug-likeness (QED) is 0.473. The smallest absolute Gasteiger partial charge is 0.266 e. The van der Waals surface area contributed by atoms with Crippen LogP contribution in [0.1, 0.15) is 19.8 Å². The van der Waals surface area contributed by atoms with E-state index in [4.69, 9.17) is 0 Å². The van der Waals surface area contributed by atoms with Gasteiger partial charge in [-0.1, -0.05) is 31.2 Å². The molecule has 3 aromatic heterocycles. The number of para-hydroxylation sites is 1. The summed E-state index contributed by atoms with van der Waals surface area (Å²) in [5, 5.41) is 14.9. The fourth-order valence-corrected chi connectivity index (χ4v) is 4.02. The number of nitrogens with one attached hydrogen (secondary N) is 1. The molecule has 0 aliphatic heterocycles. The minimum Gasteiger partial charge on any atom is -0.351 e. The molecule has 1 atom stereocenters. The third-order valence-corrected chi connectivity index (χ3v) is 5.89. The Morgan fingerprint density at radius 3 is 2.80 bits per heavy atom. The number of aromatic nitrogens is 4. The predicted octanol–water partition coefficient (Wildman–Crippen LogP) is 3.31. The second kappa shape index (κ2) is 9.04. The van der Waals surface area contributed by atoms with Crippen LogP contribution in [0.25, 0.3) is 21.5 Å². The molecule has 1 N–H and O–H groups in total. The SMILES string of the molecule is CC[C@@H](Cn1nc(-c2cccs2)ccc1=O)NC(=O)CCn1ncc2ccccc21. The van der Waals surface area contributed by atoms with Gasteiger partial charge in [-0.3, -0.25) is 14.3 Å². The second-order valence-corrected chi connectivity index (χ2v) is 8.01. The van der Waals surface area contributed by atoms with E-state index in [1.807, 2.05) is 53.4 Å². The van der Waals surface area contributed by atoms with Crippen molar-refractivity contribution in [3.63, 3.8) is 0 Å². The average Bonchev–Trinajstić information content (AvgIpc) is 3.43. The molecule has 4 aromatic rings. The molecule has 0 fully saturated rings. The van der Waals surface area contributed by atoms with Gasteiger partial charge in [0, 0.05) is 23.9 Å². The van der Waals surface area contributed by atoms with Crippen LogP contribution in [0.3, 0.4) is 0 Å². The van der Waals surface area contributed by atoms with Crippen LogP contribution in [0.5, 0.6) is 0 Å². The Hall–Kier alpha value is -3.26. The lowest BCUT2D eigenvalue weighted by molar-refractivity contribution is -0.122. The molecule has 0 radical (unpaired) electrons. The van der Waals surface area contributed by atoms with Crippen LogP contribution >= 0.6 is 11.3 Å². The van der Waals surface area contributed by atoms with Gasteiger partial charge in [-0.05, 0) is 30.0 Å². The van der Waals surface area contributed by atoms with E-state index in [-0.39, 0.29) is 17.5 Å². The largest absolute Gasteiger partial charge is 0.351 e. The number of hydrogen-bond donors (Lipinski definition) is 1. The van der Waals surface area contributed by atoms with E-state index in [0.29, 0.717) is 25.9 Å². The number of aryl methyl sites for hydroxylation is 1. The molecule has 8 heteroatoms. The van der Waals surface area contributed by atoms with Gasteiger partial charge in [0.25, 0.3) is 5.56 Å². The third kappa shape index (κ3) is 4.49. The molecule has 154 valence electrons. The van der Waals surface area contributed by atoms with E-state index in [0.717, 1.165) is 21.5 Å². The molecule has 1 amide bonds. The number of rotatable bonds is 8. The molecule has 0 aliphatic rings. The van der Waals surface area contributed by atoms with E-state index < -0.39 is 0 Å². The molecule has 0 aliphatic carbocycles. The topological polar surface area (TPSA) is 81.8 Å². The van der Waals surface area contributed by atoms with Crippen LogP contribution in [-0.4, -0.2) is 31.5 Å². The molecule has 0 saturated heterocycles. The van der Waals surface area contributed by atoms with Gasteiger partial charge in [-0.15, -0.1) is 11.3 Å². The highest BCUT2D eigenvalue weighted by molar-refractivity contribution is 7.13. The first-order valence-electron chi connectivity index (χ1n) is 9.96. The molecule has 0 spiro atoms. The van der Waals surface area contributed by atoms with Gasteiger partial charge in [0.1, 0.15) is 5.69 Å². The van der Waals surface area contributed by atoms with E-state index in [1.165, 1.54) is 10.7 Å². The van der Waals surface area contributed by atoms with E-state index in [2.05, 4.69) is 15.5 Å². The first kappa shape index (κ1) is 20.0. The number of carbonyl (C=O) groups is 1. The van der Waals surface area contributed by atoms with Crippen LogP contribution in [0.4, 0.5) is 0 Å². The monoisotopic (exact) mass is 421 g/mol. The molecule has 0 unspecified atom stereocenters. The summed E-state index contributed by atoms with van der Waals surface area (Å²) in [6.07, 6.45) is 2.83. The van der Waals surface area contributed by atoms with Gasteiger partial charge >= 0.3 is 0 Å². The Labute approximate surface area is 178 Å². The standard InChI is InChI=1S/C22H23N5O2S/c1-2-17(15-27-22(29)10-9-18(25-27)20-8-5-13-30-20)24-21(28)11-12-26-19-7-4-3-6-16(19)14-23-26/h3-10,13-14,17H,2,11-12,15H2,1H3,(H,24,28)/t17-/m0/s1. The minimum atomic E-state index is -0.175. The Morgan fingerprint density at radius 2 is 2.00 bits per heavy atom. The highest BCUT2D eigenvalue weighted by Gasteiger charge is 2.14. The van der Waals surface area contributed by atoms with Crippen molar-refractivity contribution < 1.29 is 4.79 Å². The third-order valence-electron chi connectivity index (χ3n) is 4.99. The number of hydrogen-bond acceptors (Lipinski definition) is 5. The zero-order chi connectivity index (χ0) is 20.9. The average molecular weight is 422 g/mol. The molecule has 0 saturated carbocycles. The normalized spacial score (nSPS) is 12.2. The number of nitrogens with zero attached hydrogens (tertiary/aromatic N) is 4. The minimum absolute atomic E-state index is 0.0658. The molecular formula is C22H23N5O2S. The van der Waals surface area contributed by atoms with Crippen LogP contribution in [0, 0.1) is 0 Å². The van der Waals surface area contributed by atoms with E-state index in [9.17, 15) is 9.59 Å². The number of fused-ring (bicyclic) bond motifs is 1. The summed E-state index contributed by atoms with van der Waals surface area (Å²) in [5.74, 6) is -0.0658. The van der Waals surface area contributed by atoms with Crippen molar-refractivity contribution in [2.75, 3.05) is 0 Å². The van der Waals surface area contributed by atoms with Crippen LogP contribution in [0.2, 0.25) is 0 Å². The van der Waals surface area contributed by atoms with Crippen molar-refractivity contribution in [2.24, 2.45) is 0 Å². The summed E-state index contributed by atoms with van der Waals surface area (Å²) >= 11 is 1.58. The summed E-state index contributed by atoms with van der Waals surface area (Å²) in [6, 6.07) is 14.9. The fourth-order valence-electron chi connectivity index (χ4n) is 3.33. The van der Waals surface area contributed by atoms with Crippen LogP contribution in [0.15, 0.2) is 64.9 Å². The van der Waals surface area contributed by atoms with Gasteiger partial charge < -0.3 is 5.32 Å². The van der Waals surface area contributed by atoms with Crippen LogP contribution in [-0.2, 0) is 17.9 Å². The van der Waals surface area contributed by atoms with Gasteiger partial charge in [-0.25, -0.2) is 4.68 Å².